The summed E-state index contributed by atoms with van der Waals surface area (Å²) in [6.07, 6.45) is -0.790. The first kappa shape index (κ1) is 38.9. The summed E-state index contributed by atoms with van der Waals surface area (Å²) in [7, 11) is 5.63. The molecule has 0 heterocycles. The van der Waals surface area contributed by atoms with Crippen molar-refractivity contribution in [3.8, 4) is 189 Å². The highest BCUT2D eigenvalue weighted by molar-refractivity contribution is 5.90. The lowest BCUT2D eigenvalue weighted by Gasteiger charge is -2.28. The van der Waals surface area contributed by atoms with Crippen LogP contribution in [0.4, 0.5) is 0 Å². The first-order chi connectivity index (χ1) is 22.8. The minimum Gasteiger partial charge on any atom is -0.452 e. The molecule has 0 fully saturated rings. The van der Waals surface area contributed by atoms with Crippen LogP contribution in [0.1, 0.15) is 13.8 Å². The van der Waals surface area contributed by atoms with E-state index in [0.717, 1.165) is 0 Å². The molecular weight excluding hydrogens is 582 g/mol. The van der Waals surface area contributed by atoms with Crippen LogP contribution in [0.5, 0.6) is 0 Å². The van der Waals surface area contributed by atoms with Crippen LogP contribution in [-0.2, 0) is 19.1 Å². The quantitative estimate of drug-likeness (QED) is 0.196. The normalized spacial score (nSPS) is 6.91. The van der Waals surface area contributed by atoms with Gasteiger partial charge in [0.2, 0.25) is 0 Å². The summed E-state index contributed by atoms with van der Waals surface area (Å²) in [5.41, 5.74) is 0. The molecule has 0 aromatic carbocycles. The number of hydrogen-bond acceptors (Lipinski definition) is 4. The van der Waals surface area contributed by atoms with Gasteiger partial charge in [-0.05, 0) is 180 Å². The Morgan fingerprint density at radius 2 is 0.723 bits per heavy atom. The van der Waals surface area contributed by atoms with Crippen molar-refractivity contribution in [3.63, 3.8) is 0 Å². The smallest absolute Gasteiger partial charge is 0.385 e. The largest absolute Gasteiger partial charge is 0.452 e. The van der Waals surface area contributed by atoms with Crippen LogP contribution in [0.2, 0.25) is 0 Å². The number of quaternary nitrogens is 1. The van der Waals surface area contributed by atoms with Crippen LogP contribution >= 0.6 is 0 Å². The number of likely N-dealkylation sites (N-methyl/N-ethyl adjacent to an activating group) is 1. The zero-order valence-corrected chi connectivity index (χ0v) is 26.1. The highest BCUT2D eigenvalue weighted by atomic mass is 16.6. The summed E-state index contributed by atoms with van der Waals surface area (Å²) >= 11 is 0. The Labute approximate surface area is 278 Å². The Kier molecular flexibility index (Phi) is 23.2. The molecule has 0 radical (unpaired) electrons. The molecule has 0 aliphatic heterocycles. The van der Waals surface area contributed by atoms with E-state index in [1.807, 2.05) is 21.1 Å². The Morgan fingerprint density at radius 1 is 0.447 bits per heavy atom. The van der Waals surface area contributed by atoms with Crippen molar-refractivity contribution in [2.45, 2.75) is 20.0 Å². The number of ether oxygens (including phenoxy) is 2. The number of carbonyl (C=O) groups is 2. The summed E-state index contributed by atoms with van der Waals surface area (Å²) in [6, 6.07) is 0. The predicted molar refractivity (Wildman–Crippen MR) is 180 cm³/mol. The summed E-state index contributed by atoms with van der Waals surface area (Å²) in [4.78, 5) is 24.1. The summed E-state index contributed by atoms with van der Waals surface area (Å²) in [6.45, 7) is 3.44. The van der Waals surface area contributed by atoms with E-state index in [1.54, 1.807) is 13.8 Å². The van der Waals surface area contributed by atoms with Crippen molar-refractivity contribution in [3.05, 3.63) is 0 Å². The second-order valence-electron chi connectivity index (χ2n) is 8.35. The van der Waals surface area contributed by atoms with Gasteiger partial charge in [-0.25, -0.2) is 9.59 Å². The molecule has 0 N–H and O–H groups in total. The Morgan fingerprint density at radius 3 is 1.02 bits per heavy atom. The van der Waals surface area contributed by atoms with Gasteiger partial charge < -0.3 is 14.0 Å². The van der Waals surface area contributed by atoms with Gasteiger partial charge in [0.1, 0.15) is 13.2 Å². The molecule has 5 heteroatoms. The highest BCUT2D eigenvalue weighted by Crippen LogP contribution is 2.02. The minimum absolute atomic E-state index is 0.241. The molecule has 0 saturated carbocycles. The number of nitrogens with zero attached hydrogens (tertiary/aromatic N) is 1. The fourth-order valence-electron chi connectivity index (χ4n) is 2.16. The van der Waals surface area contributed by atoms with Gasteiger partial charge in [0.15, 0.2) is 6.10 Å². The third-order valence-corrected chi connectivity index (χ3v) is 3.63. The molecule has 0 aromatic heterocycles. The number of carbonyl (C=O) groups excluding carboxylic acids is 2. The molecule has 0 saturated heterocycles. The first-order valence-corrected chi connectivity index (χ1v) is 12.8. The van der Waals surface area contributed by atoms with Crippen molar-refractivity contribution in [1.82, 2.24) is 0 Å². The van der Waals surface area contributed by atoms with E-state index in [0.29, 0.717) is 11.0 Å². The molecule has 0 spiro atoms. The van der Waals surface area contributed by atoms with Gasteiger partial charge in [-0.1, -0.05) is 11.8 Å². The summed E-state index contributed by atoms with van der Waals surface area (Å²) in [5, 5.41) is 0. The van der Waals surface area contributed by atoms with Crippen molar-refractivity contribution in [2.24, 2.45) is 0 Å². The highest BCUT2D eigenvalue weighted by Gasteiger charge is 2.23. The average Bonchev–Trinajstić information content (AvgIpc) is 3.03. The first-order valence-electron chi connectivity index (χ1n) is 12.8. The predicted octanol–water partition coefficient (Wildman–Crippen LogP) is 0.242. The molecular formula is C42H20NO4+. The van der Waals surface area contributed by atoms with Gasteiger partial charge in [0.05, 0.1) is 21.1 Å². The lowest BCUT2D eigenvalue weighted by molar-refractivity contribution is -0.873. The Balaban J connectivity index is 4.97. The van der Waals surface area contributed by atoms with Gasteiger partial charge in [0, 0.05) is 11.8 Å². The molecule has 216 valence electrons. The molecule has 0 aromatic rings. The number of hydrogen-bond donors (Lipinski definition) is 0. The van der Waals surface area contributed by atoms with Crippen molar-refractivity contribution in [1.29, 1.82) is 0 Å². The van der Waals surface area contributed by atoms with Crippen LogP contribution in [0.3, 0.4) is 0 Å². The second-order valence-corrected chi connectivity index (χ2v) is 8.35. The van der Waals surface area contributed by atoms with E-state index in [-0.39, 0.29) is 6.61 Å². The molecule has 5 nitrogen and oxygen atoms in total. The average molecular weight is 603 g/mol. The van der Waals surface area contributed by atoms with Gasteiger partial charge >= 0.3 is 11.9 Å². The third kappa shape index (κ3) is 30.6. The molecule has 0 aliphatic carbocycles. The van der Waals surface area contributed by atoms with Gasteiger partial charge in [-0.15, -0.1) is 0 Å². The molecule has 0 bridgehead atoms. The molecule has 1 unspecified atom stereocenters. The van der Waals surface area contributed by atoms with E-state index in [4.69, 9.17) is 9.47 Å². The van der Waals surface area contributed by atoms with Crippen LogP contribution in [0, 0.1) is 189 Å². The zero-order valence-electron chi connectivity index (χ0n) is 26.1. The maximum atomic E-state index is 12.1. The van der Waals surface area contributed by atoms with Crippen LogP contribution < -0.4 is 0 Å². The molecule has 0 amide bonds. The molecule has 0 aliphatic rings. The van der Waals surface area contributed by atoms with Crippen LogP contribution in [-0.4, -0.2) is 56.8 Å². The molecule has 47 heavy (non-hydrogen) atoms. The van der Waals surface area contributed by atoms with E-state index >= 15 is 0 Å². The number of esters is 2. The fourth-order valence-corrected chi connectivity index (χ4v) is 2.16. The maximum absolute atomic E-state index is 12.1. The molecule has 1 atom stereocenters. The zero-order chi connectivity index (χ0) is 34.7. The SMILES string of the molecule is CC#CC#CC#CC#CC#CC#CC#CC#CC(=O)OCC(C[N+](C)(C)C)OC(=O)C#CC#CC#CC#CC#CC#CC#CC#CC. The van der Waals surface area contributed by atoms with E-state index in [1.165, 1.54) is 0 Å². The van der Waals surface area contributed by atoms with Gasteiger partial charge in [-0.2, -0.15) is 0 Å². The second kappa shape index (κ2) is 28.0. The maximum Gasteiger partial charge on any atom is 0.385 e. The van der Waals surface area contributed by atoms with Crippen molar-refractivity contribution >= 4 is 11.9 Å². The standard InChI is InChI=1S/C42H20NO4/c1-6-8-10-12-14-16-18-20-22-24-26-28-30-32-34-36-41(44)46-39-40(38-43(3,4)5)47-42(45)37-35-33-31-29-27-25-23-21-19-17-15-13-11-9-7-2/h40H,38-39H2,1-5H3/q+1. The van der Waals surface area contributed by atoms with Gasteiger partial charge in [0.25, 0.3) is 0 Å². The van der Waals surface area contributed by atoms with E-state index < -0.39 is 18.0 Å². The van der Waals surface area contributed by atoms with Crippen molar-refractivity contribution < 1.29 is 23.5 Å². The fraction of sp³-hybridized carbons (Fsp3) is 0.190. The topological polar surface area (TPSA) is 52.6 Å². The Bertz CT molecular complexity index is 2280. The summed E-state index contributed by atoms with van der Waals surface area (Å²) < 4.78 is 10.8. The lowest BCUT2D eigenvalue weighted by Crippen LogP contribution is -2.45. The van der Waals surface area contributed by atoms with Crippen LogP contribution in [0.15, 0.2) is 0 Å². The van der Waals surface area contributed by atoms with Crippen LogP contribution in [0.25, 0.3) is 0 Å². The van der Waals surface area contributed by atoms with Gasteiger partial charge in [-0.3, -0.25) is 0 Å². The van der Waals surface area contributed by atoms with E-state index in [9.17, 15) is 9.59 Å². The number of rotatable bonds is 5. The lowest BCUT2D eigenvalue weighted by atomic mass is 10.3. The minimum atomic E-state index is -0.859. The van der Waals surface area contributed by atoms with Crippen molar-refractivity contribution in [2.75, 3.05) is 34.3 Å². The molecule has 0 rings (SSSR count). The Hall–Kier alpha value is -8.14. The van der Waals surface area contributed by atoms with E-state index in [2.05, 4.69) is 189 Å². The summed E-state index contributed by atoms with van der Waals surface area (Å²) in [5.74, 6) is 76.9. The monoisotopic (exact) mass is 602 g/mol. The third-order valence-electron chi connectivity index (χ3n) is 3.63.